The molecule has 2 aliphatic rings. The molecule has 32 heavy (non-hydrogen) atoms. The largest absolute Gasteiger partial charge is 0.325 e. The summed E-state index contributed by atoms with van der Waals surface area (Å²) in [4.78, 5) is 27.4. The number of nitrogens with zero attached hydrogens (tertiary/aromatic N) is 2. The quantitative estimate of drug-likeness (QED) is 0.614. The number of carbonyl (C=O) groups excluding carboxylic acids is 2. The standard InChI is InChI=1S/C23H23N3O4S2/c1-2-26-19-9-8-18(16-5-3-6-17(21(16)19)23(26)28)24-22(27)15-10-12-25(13-11-15)32(29,30)20-7-4-14-31-20/h3-9,14-15H,2,10-13H2,1H3,(H,24,27). The second-order valence-corrected chi connectivity index (χ2v) is 11.1. The van der Waals surface area contributed by atoms with Crippen LogP contribution in [0.1, 0.15) is 30.1 Å². The number of rotatable bonds is 5. The van der Waals surface area contributed by atoms with E-state index in [0.717, 1.165) is 16.5 Å². The van der Waals surface area contributed by atoms with Gasteiger partial charge in [-0.25, -0.2) is 8.42 Å². The zero-order valence-corrected chi connectivity index (χ0v) is 19.2. The molecule has 2 aromatic carbocycles. The van der Waals surface area contributed by atoms with Crippen molar-refractivity contribution in [1.29, 1.82) is 0 Å². The van der Waals surface area contributed by atoms with Gasteiger partial charge in [-0.05, 0) is 49.4 Å². The number of hydrogen-bond donors (Lipinski definition) is 1. The third kappa shape index (κ3) is 3.32. The minimum atomic E-state index is -3.49. The Balaban J connectivity index is 1.33. The third-order valence-electron chi connectivity index (χ3n) is 6.27. The van der Waals surface area contributed by atoms with Crippen LogP contribution in [0, 0.1) is 5.92 Å². The van der Waals surface area contributed by atoms with Gasteiger partial charge in [0.2, 0.25) is 5.91 Å². The van der Waals surface area contributed by atoms with E-state index in [4.69, 9.17) is 0 Å². The van der Waals surface area contributed by atoms with Crippen molar-refractivity contribution in [3.8, 4) is 0 Å². The first kappa shape index (κ1) is 21.1. The van der Waals surface area contributed by atoms with Gasteiger partial charge in [-0.15, -0.1) is 11.3 Å². The molecule has 2 amide bonds. The number of benzene rings is 2. The van der Waals surface area contributed by atoms with Crippen molar-refractivity contribution in [3.63, 3.8) is 0 Å². The van der Waals surface area contributed by atoms with E-state index in [0.29, 0.717) is 47.9 Å². The minimum absolute atomic E-state index is 0.0177. The summed E-state index contributed by atoms with van der Waals surface area (Å²) in [7, 11) is -3.49. The van der Waals surface area contributed by atoms with Crippen molar-refractivity contribution in [3.05, 3.63) is 53.4 Å². The molecule has 0 saturated carbocycles. The predicted octanol–water partition coefficient (Wildman–Crippen LogP) is 3.92. The Morgan fingerprint density at radius 1 is 1.12 bits per heavy atom. The lowest BCUT2D eigenvalue weighted by molar-refractivity contribution is -0.120. The van der Waals surface area contributed by atoms with Crippen molar-refractivity contribution in [2.45, 2.75) is 24.0 Å². The van der Waals surface area contributed by atoms with Crippen LogP contribution >= 0.6 is 11.3 Å². The summed E-state index contributed by atoms with van der Waals surface area (Å²) in [5, 5.41) is 6.49. The summed E-state index contributed by atoms with van der Waals surface area (Å²) < 4.78 is 27.2. The summed E-state index contributed by atoms with van der Waals surface area (Å²) in [5.74, 6) is -0.395. The molecule has 0 spiro atoms. The molecular formula is C23H23N3O4S2. The monoisotopic (exact) mass is 469 g/mol. The van der Waals surface area contributed by atoms with E-state index < -0.39 is 10.0 Å². The Bertz CT molecular complexity index is 1310. The number of hydrogen-bond acceptors (Lipinski definition) is 5. The van der Waals surface area contributed by atoms with Gasteiger partial charge in [0.1, 0.15) is 4.21 Å². The van der Waals surface area contributed by atoms with Gasteiger partial charge in [-0.1, -0.05) is 18.2 Å². The summed E-state index contributed by atoms with van der Waals surface area (Å²) >= 11 is 1.21. The number of anilines is 2. The van der Waals surface area contributed by atoms with Gasteiger partial charge in [0.05, 0.1) is 5.69 Å². The van der Waals surface area contributed by atoms with E-state index in [2.05, 4.69) is 5.32 Å². The molecule has 3 heterocycles. The molecule has 0 bridgehead atoms. The highest BCUT2D eigenvalue weighted by molar-refractivity contribution is 7.91. The van der Waals surface area contributed by atoms with E-state index in [1.54, 1.807) is 22.4 Å². The van der Waals surface area contributed by atoms with Gasteiger partial charge >= 0.3 is 0 Å². The number of sulfonamides is 1. The van der Waals surface area contributed by atoms with Crippen LogP contribution in [0.3, 0.4) is 0 Å². The second-order valence-electron chi connectivity index (χ2n) is 8.01. The molecule has 1 N–H and O–H groups in total. The molecule has 0 radical (unpaired) electrons. The topological polar surface area (TPSA) is 86.8 Å². The molecule has 1 aromatic heterocycles. The molecule has 9 heteroatoms. The van der Waals surface area contributed by atoms with E-state index in [-0.39, 0.29) is 17.7 Å². The first-order valence-corrected chi connectivity index (χ1v) is 13.0. The maximum Gasteiger partial charge on any atom is 0.258 e. The fraction of sp³-hybridized carbons (Fsp3) is 0.304. The molecule has 1 fully saturated rings. The van der Waals surface area contributed by atoms with Crippen LogP contribution in [0.15, 0.2) is 52.1 Å². The van der Waals surface area contributed by atoms with Gasteiger partial charge in [-0.2, -0.15) is 4.31 Å². The Hall–Kier alpha value is -2.75. The average Bonchev–Trinajstić information content (AvgIpc) is 3.44. The van der Waals surface area contributed by atoms with Crippen LogP contribution in [0.25, 0.3) is 10.8 Å². The van der Waals surface area contributed by atoms with Crippen LogP contribution in [0.2, 0.25) is 0 Å². The molecule has 1 saturated heterocycles. The maximum atomic E-state index is 13.0. The van der Waals surface area contributed by atoms with Gasteiger partial charge in [0.15, 0.2) is 0 Å². The van der Waals surface area contributed by atoms with Gasteiger partial charge in [-0.3, -0.25) is 9.59 Å². The SMILES string of the molecule is CCN1C(=O)c2cccc3c(NC(=O)C4CCN(S(=O)(=O)c5cccs5)CC4)ccc1c23. The van der Waals surface area contributed by atoms with Crippen molar-refractivity contribution >= 4 is 55.3 Å². The third-order valence-corrected chi connectivity index (χ3v) is 9.54. The molecule has 3 aromatic rings. The average molecular weight is 470 g/mol. The Morgan fingerprint density at radius 3 is 2.59 bits per heavy atom. The highest BCUT2D eigenvalue weighted by atomic mass is 32.2. The number of thiophene rings is 1. The van der Waals surface area contributed by atoms with Crippen LogP contribution in [-0.4, -0.2) is 44.2 Å². The Kier molecular flexibility index (Phi) is 5.27. The predicted molar refractivity (Wildman–Crippen MR) is 126 cm³/mol. The molecule has 0 atom stereocenters. The van der Waals surface area contributed by atoms with E-state index >= 15 is 0 Å². The van der Waals surface area contributed by atoms with Crippen molar-refractivity contribution in [2.24, 2.45) is 5.92 Å². The summed E-state index contributed by atoms with van der Waals surface area (Å²) in [6.07, 6.45) is 0.944. The summed E-state index contributed by atoms with van der Waals surface area (Å²) in [6.45, 7) is 3.17. The normalized spacial score (nSPS) is 17.3. The van der Waals surface area contributed by atoms with Crippen LogP contribution in [0.4, 0.5) is 11.4 Å². The Labute approximate surface area is 190 Å². The summed E-state index contributed by atoms with van der Waals surface area (Å²) in [5.41, 5.74) is 2.20. The van der Waals surface area contributed by atoms with Crippen LogP contribution in [-0.2, 0) is 14.8 Å². The molecule has 2 aliphatic heterocycles. The fourth-order valence-electron chi connectivity index (χ4n) is 4.60. The Morgan fingerprint density at radius 2 is 1.91 bits per heavy atom. The van der Waals surface area contributed by atoms with Gasteiger partial charge in [0, 0.05) is 47.6 Å². The molecule has 5 rings (SSSR count). The van der Waals surface area contributed by atoms with Crippen LogP contribution in [0.5, 0.6) is 0 Å². The highest BCUT2D eigenvalue weighted by Crippen LogP contribution is 2.40. The van der Waals surface area contributed by atoms with Gasteiger partial charge in [0.25, 0.3) is 15.9 Å². The van der Waals surface area contributed by atoms with Gasteiger partial charge < -0.3 is 10.2 Å². The first-order valence-electron chi connectivity index (χ1n) is 10.6. The van der Waals surface area contributed by atoms with E-state index in [9.17, 15) is 18.0 Å². The highest BCUT2D eigenvalue weighted by Gasteiger charge is 2.33. The zero-order chi connectivity index (χ0) is 22.5. The summed E-state index contributed by atoms with van der Waals surface area (Å²) in [6, 6.07) is 12.6. The van der Waals surface area contributed by atoms with Crippen molar-refractivity contribution < 1.29 is 18.0 Å². The molecule has 0 unspecified atom stereocenters. The molecular weight excluding hydrogens is 446 g/mol. The number of amides is 2. The number of carbonyl (C=O) groups is 2. The van der Waals surface area contributed by atoms with Crippen LogP contribution < -0.4 is 10.2 Å². The second kappa shape index (κ2) is 7.99. The fourth-order valence-corrected chi connectivity index (χ4v) is 7.21. The minimum Gasteiger partial charge on any atom is -0.325 e. The van der Waals surface area contributed by atoms with Crippen molar-refractivity contribution in [2.75, 3.05) is 29.9 Å². The van der Waals surface area contributed by atoms with Crippen molar-refractivity contribution in [1.82, 2.24) is 4.31 Å². The van der Waals surface area contributed by atoms with E-state index in [1.165, 1.54) is 15.6 Å². The molecule has 0 aliphatic carbocycles. The lowest BCUT2D eigenvalue weighted by Gasteiger charge is -2.30. The lowest BCUT2D eigenvalue weighted by Crippen LogP contribution is -2.41. The molecule has 7 nitrogen and oxygen atoms in total. The number of nitrogens with one attached hydrogen (secondary N) is 1. The zero-order valence-electron chi connectivity index (χ0n) is 17.6. The van der Waals surface area contributed by atoms with E-state index in [1.807, 2.05) is 37.3 Å². The lowest BCUT2D eigenvalue weighted by atomic mass is 9.96. The first-order chi connectivity index (χ1) is 15.4. The smallest absolute Gasteiger partial charge is 0.258 e. The number of piperidine rings is 1. The maximum absolute atomic E-state index is 13.0. The molecule has 166 valence electrons.